The van der Waals surface area contributed by atoms with Gasteiger partial charge in [-0.2, -0.15) is 0 Å². The van der Waals surface area contributed by atoms with E-state index in [1.165, 1.54) is 18.4 Å². The van der Waals surface area contributed by atoms with Gasteiger partial charge in [0.25, 0.3) is 0 Å². The van der Waals surface area contributed by atoms with Gasteiger partial charge in [-0.15, -0.1) is 0 Å². The van der Waals surface area contributed by atoms with Crippen molar-refractivity contribution in [2.24, 2.45) is 0 Å². The Hall–Kier alpha value is -0.790. The number of rotatable bonds is 1. The molecule has 0 radical (unpaired) electrons. The maximum absolute atomic E-state index is 11.3. The lowest BCUT2D eigenvalue weighted by atomic mass is 10.2. The van der Waals surface area contributed by atoms with Crippen LogP contribution in [0.15, 0.2) is 11.6 Å². The molecule has 0 heterocycles. The second-order valence-electron chi connectivity index (χ2n) is 4.54. The Labute approximate surface area is 80.0 Å². The number of allylic oxidation sites excluding steroid dienone is 1. The Bertz CT molecular complexity index is 213. The van der Waals surface area contributed by atoms with Gasteiger partial charge in [0.15, 0.2) is 0 Å². The van der Waals surface area contributed by atoms with E-state index in [2.05, 4.69) is 0 Å². The summed E-state index contributed by atoms with van der Waals surface area (Å²) in [6, 6.07) is 0. The molecular formula is C11H18O2. The summed E-state index contributed by atoms with van der Waals surface area (Å²) < 4.78 is 5.18. The molecule has 0 unspecified atom stereocenters. The van der Waals surface area contributed by atoms with Gasteiger partial charge < -0.3 is 4.74 Å². The predicted molar refractivity (Wildman–Crippen MR) is 52.4 cm³/mol. The van der Waals surface area contributed by atoms with Crippen molar-refractivity contribution in [3.63, 3.8) is 0 Å². The summed E-state index contributed by atoms with van der Waals surface area (Å²) in [5.74, 6) is -0.190. The van der Waals surface area contributed by atoms with E-state index >= 15 is 0 Å². The molecule has 1 aliphatic carbocycles. The first kappa shape index (κ1) is 10.3. The fraction of sp³-hybridized carbons (Fsp3) is 0.727. The molecule has 0 aromatic carbocycles. The summed E-state index contributed by atoms with van der Waals surface area (Å²) in [5, 5.41) is 0. The number of carbonyl (C=O) groups is 1. The van der Waals surface area contributed by atoms with Gasteiger partial charge in [-0.3, -0.25) is 0 Å². The number of carbonyl (C=O) groups excluding carboxylic acids is 1. The lowest BCUT2D eigenvalue weighted by molar-refractivity contribution is -0.148. The van der Waals surface area contributed by atoms with Crippen LogP contribution in [0.25, 0.3) is 0 Å². The third-order valence-corrected chi connectivity index (χ3v) is 1.97. The van der Waals surface area contributed by atoms with E-state index < -0.39 is 0 Å². The fourth-order valence-electron chi connectivity index (χ4n) is 1.47. The lowest BCUT2D eigenvalue weighted by Gasteiger charge is -2.18. The van der Waals surface area contributed by atoms with Crippen molar-refractivity contribution in [2.45, 2.75) is 52.1 Å². The third-order valence-electron chi connectivity index (χ3n) is 1.97. The summed E-state index contributed by atoms with van der Waals surface area (Å²) in [6.07, 6.45) is 6.24. The Balaban J connectivity index is 2.45. The van der Waals surface area contributed by atoms with Gasteiger partial charge in [0.2, 0.25) is 0 Å². The van der Waals surface area contributed by atoms with E-state index in [0.717, 1.165) is 12.8 Å². The molecule has 0 amide bonds. The molecule has 0 aromatic heterocycles. The highest BCUT2D eigenvalue weighted by atomic mass is 16.6. The molecule has 0 atom stereocenters. The molecule has 2 heteroatoms. The van der Waals surface area contributed by atoms with Crippen molar-refractivity contribution in [1.82, 2.24) is 0 Å². The number of hydrogen-bond donors (Lipinski definition) is 0. The van der Waals surface area contributed by atoms with Gasteiger partial charge >= 0.3 is 5.97 Å². The minimum Gasteiger partial charge on any atom is -0.457 e. The molecule has 74 valence electrons. The van der Waals surface area contributed by atoms with Crippen LogP contribution in [0, 0.1) is 0 Å². The Kier molecular flexibility index (Phi) is 3.12. The molecule has 13 heavy (non-hydrogen) atoms. The number of ether oxygens (including phenoxy) is 1. The van der Waals surface area contributed by atoms with Crippen LogP contribution in [0.5, 0.6) is 0 Å². The summed E-state index contributed by atoms with van der Waals surface area (Å²) in [5.41, 5.74) is 0.876. The van der Waals surface area contributed by atoms with Crippen molar-refractivity contribution in [3.05, 3.63) is 11.6 Å². The zero-order valence-corrected chi connectivity index (χ0v) is 8.72. The normalized spacial score (nSPS) is 17.3. The summed E-state index contributed by atoms with van der Waals surface area (Å²) in [4.78, 5) is 11.3. The van der Waals surface area contributed by atoms with Crippen LogP contribution in [0.4, 0.5) is 0 Å². The van der Waals surface area contributed by atoms with E-state index in [0.29, 0.717) is 0 Å². The van der Waals surface area contributed by atoms with Gasteiger partial charge in [-0.25, -0.2) is 4.79 Å². The van der Waals surface area contributed by atoms with Crippen LogP contribution in [0.1, 0.15) is 46.5 Å². The number of hydrogen-bond acceptors (Lipinski definition) is 2. The molecule has 1 aliphatic rings. The van der Waals surface area contributed by atoms with E-state index in [4.69, 9.17) is 4.74 Å². The standard InChI is InChI=1S/C11H18O2/c1-11(2,3)13-10(12)8-9-6-4-5-7-9/h8H,4-7H2,1-3H3. The molecule has 0 aromatic rings. The van der Waals surface area contributed by atoms with E-state index in [1.807, 2.05) is 20.8 Å². The topological polar surface area (TPSA) is 26.3 Å². The van der Waals surface area contributed by atoms with Crippen LogP contribution in [-0.2, 0) is 9.53 Å². The first-order valence-electron chi connectivity index (χ1n) is 4.90. The van der Waals surface area contributed by atoms with Crippen molar-refractivity contribution in [3.8, 4) is 0 Å². The second kappa shape index (κ2) is 3.95. The van der Waals surface area contributed by atoms with Crippen LogP contribution in [0.3, 0.4) is 0 Å². The van der Waals surface area contributed by atoms with Gasteiger partial charge in [-0.05, 0) is 46.5 Å². The summed E-state index contributed by atoms with van der Waals surface area (Å²) in [7, 11) is 0. The summed E-state index contributed by atoms with van der Waals surface area (Å²) in [6.45, 7) is 5.66. The predicted octanol–water partition coefficient (Wildman–Crippen LogP) is 2.83. The maximum atomic E-state index is 11.3. The monoisotopic (exact) mass is 182 g/mol. The minimum atomic E-state index is -0.368. The zero-order chi connectivity index (χ0) is 9.90. The van der Waals surface area contributed by atoms with E-state index in [9.17, 15) is 4.79 Å². The van der Waals surface area contributed by atoms with Gasteiger partial charge in [0.05, 0.1) is 0 Å². The third kappa shape index (κ3) is 4.11. The zero-order valence-electron chi connectivity index (χ0n) is 8.72. The highest BCUT2D eigenvalue weighted by molar-refractivity contribution is 5.83. The molecule has 1 rings (SSSR count). The van der Waals surface area contributed by atoms with Crippen molar-refractivity contribution >= 4 is 5.97 Å². The SMILES string of the molecule is CC(C)(C)OC(=O)C=C1CCCC1. The van der Waals surface area contributed by atoms with Crippen LogP contribution < -0.4 is 0 Å². The van der Waals surface area contributed by atoms with Crippen molar-refractivity contribution in [2.75, 3.05) is 0 Å². The van der Waals surface area contributed by atoms with Crippen molar-refractivity contribution < 1.29 is 9.53 Å². The minimum absolute atomic E-state index is 0.190. The molecule has 1 fully saturated rings. The Morgan fingerprint density at radius 3 is 2.31 bits per heavy atom. The first-order valence-corrected chi connectivity index (χ1v) is 4.90. The van der Waals surface area contributed by atoms with Crippen molar-refractivity contribution in [1.29, 1.82) is 0 Å². The quantitative estimate of drug-likeness (QED) is 0.460. The highest BCUT2D eigenvalue weighted by Gasteiger charge is 2.16. The van der Waals surface area contributed by atoms with Crippen LogP contribution >= 0.6 is 0 Å². The van der Waals surface area contributed by atoms with Gasteiger partial charge in [-0.1, -0.05) is 5.57 Å². The van der Waals surface area contributed by atoms with Gasteiger partial charge in [0.1, 0.15) is 5.60 Å². The molecule has 0 bridgehead atoms. The first-order chi connectivity index (χ1) is 5.97. The molecule has 0 saturated heterocycles. The Morgan fingerprint density at radius 2 is 1.85 bits per heavy atom. The van der Waals surface area contributed by atoms with Crippen LogP contribution in [-0.4, -0.2) is 11.6 Å². The van der Waals surface area contributed by atoms with Gasteiger partial charge in [0, 0.05) is 6.08 Å². The highest BCUT2D eigenvalue weighted by Crippen LogP contribution is 2.23. The van der Waals surface area contributed by atoms with Crippen LogP contribution in [0.2, 0.25) is 0 Å². The fourth-order valence-corrected chi connectivity index (χ4v) is 1.47. The molecule has 0 N–H and O–H groups in total. The largest absolute Gasteiger partial charge is 0.457 e. The lowest BCUT2D eigenvalue weighted by Crippen LogP contribution is -2.22. The molecular weight excluding hydrogens is 164 g/mol. The Morgan fingerprint density at radius 1 is 1.31 bits per heavy atom. The molecule has 2 nitrogen and oxygen atoms in total. The van der Waals surface area contributed by atoms with E-state index in [-0.39, 0.29) is 11.6 Å². The average Bonchev–Trinajstić information content (AvgIpc) is 2.34. The maximum Gasteiger partial charge on any atom is 0.331 e. The molecule has 0 aliphatic heterocycles. The average molecular weight is 182 g/mol. The number of esters is 1. The second-order valence-corrected chi connectivity index (χ2v) is 4.54. The van der Waals surface area contributed by atoms with E-state index in [1.54, 1.807) is 6.08 Å². The molecule has 0 spiro atoms. The molecule has 1 saturated carbocycles. The summed E-state index contributed by atoms with van der Waals surface area (Å²) >= 11 is 0. The smallest absolute Gasteiger partial charge is 0.331 e.